The second-order valence-corrected chi connectivity index (χ2v) is 5.91. The number of halogens is 2. The molecule has 0 aliphatic carbocycles. The molecule has 2 rings (SSSR count). The van der Waals surface area contributed by atoms with Crippen LogP contribution in [0.15, 0.2) is 41.5 Å². The van der Waals surface area contributed by atoms with Gasteiger partial charge >= 0.3 is 0 Å². The smallest absolute Gasteiger partial charge is 0.218 e. The SMILES string of the molecule is CCNC(=NCc1cccnc1OC)NCCc1ccc(OC)cc1Cl.I. The van der Waals surface area contributed by atoms with E-state index in [0.717, 1.165) is 35.8 Å². The van der Waals surface area contributed by atoms with Crippen LogP contribution in [0.5, 0.6) is 11.6 Å². The van der Waals surface area contributed by atoms with E-state index in [-0.39, 0.29) is 24.0 Å². The number of methoxy groups -OCH3 is 2. The molecule has 2 N–H and O–H groups in total. The molecule has 1 aromatic carbocycles. The highest BCUT2D eigenvalue weighted by atomic mass is 127. The maximum atomic E-state index is 6.28. The molecule has 0 radical (unpaired) electrons. The number of hydrogen-bond acceptors (Lipinski definition) is 4. The number of nitrogens with one attached hydrogen (secondary N) is 2. The van der Waals surface area contributed by atoms with Gasteiger partial charge in [0.1, 0.15) is 5.75 Å². The van der Waals surface area contributed by atoms with E-state index in [1.165, 1.54) is 0 Å². The van der Waals surface area contributed by atoms with Crippen LogP contribution in [0.4, 0.5) is 0 Å². The summed E-state index contributed by atoms with van der Waals surface area (Å²) in [4.78, 5) is 8.78. The van der Waals surface area contributed by atoms with E-state index in [2.05, 4.69) is 20.6 Å². The van der Waals surface area contributed by atoms with Gasteiger partial charge in [-0.05, 0) is 37.1 Å². The molecule has 6 nitrogen and oxygen atoms in total. The van der Waals surface area contributed by atoms with Crippen LogP contribution in [0.3, 0.4) is 0 Å². The van der Waals surface area contributed by atoms with Crippen molar-refractivity contribution in [2.75, 3.05) is 27.3 Å². The molecule has 8 heteroatoms. The van der Waals surface area contributed by atoms with E-state index in [1.807, 2.05) is 37.3 Å². The summed E-state index contributed by atoms with van der Waals surface area (Å²) in [5, 5.41) is 7.26. The average molecular weight is 505 g/mol. The monoisotopic (exact) mass is 504 g/mol. The first kappa shape index (κ1) is 23.3. The Kier molecular flexibility index (Phi) is 10.9. The molecule has 0 amide bonds. The first-order valence-electron chi connectivity index (χ1n) is 8.50. The normalized spacial score (nSPS) is 10.7. The molecule has 1 heterocycles. The summed E-state index contributed by atoms with van der Waals surface area (Å²) in [7, 11) is 3.24. The lowest BCUT2D eigenvalue weighted by Crippen LogP contribution is -2.38. The standard InChI is InChI=1S/C19H25ClN4O2.HI/c1-4-21-19(24-13-15-6-5-10-22-18(15)26-3)23-11-9-14-7-8-16(25-2)12-17(14)20;/h5-8,10,12H,4,9,11,13H2,1-3H3,(H2,21,23,24);1H. The van der Waals surface area contributed by atoms with Crippen molar-refractivity contribution in [3.8, 4) is 11.6 Å². The fourth-order valence-corrected chi connectivity index (χ4v) is 2.67. The zero-order valence-electron chi connectivity index (χ0n) is 15.8. The van der Waals surface area contributed by atoms with Crippen molar-refractivity contribution < 1.29 is 9.47 Å². The summed E-state index contributed by atoms with van der Waals surface area (Å²) in [5.74, 6) is 2.09. The van der Waals surface area contributed by atoms with Crippen LogP contribution in [0.1, 0.15) is 18.1 Å². The lowest BCUT2D eigenvalue weighted by atomic mass is 10.1. The number of hydrogen-bond donors (Lipinski definition) is 2. The number of pyridine rings is 1. The van der Waals surface area contributed by atoms with Gasteiger partial charge in [-0.2, -0.15) is 0 Å². The average Bonchev–Trinajstić information content (AvgIpc) is 2.67. The summed E-state index contributed by atoms with van der Waals surface area (Å²) < 4.78 is 10.4. The quantitative estimate of drug-likeness (QED) is 0.326. The Bertz CT molecular complexity index is 743. The molecule has 0 spiro atoms. The molecular weight excluding hydrogens is 479 g/mol. The Hall–Kier alpha value is -1.74. The molecule has 0 saturated carbocycles. The molecule has 0 aliphatic heterocycles. The van der Waals surface area contributed by atoms with Crippen molar-refractivity contribution in [1.82, 2.24) is 15.6 Å². The zero-order chi connectivity index (χ0) is 18.8. The van der Waals surface area contributed by atoms with Crippen LogP contribution >= 0.6 is 35.6 Å². The Morgan fingerprint density at radius 2 is 1.96 bits per heavy atom. The number of rotatable bonds is 8. The van der Waals surface area contributed by atoms with Crippen LogP contribution in [0.25, 0.3) is 0 Å². The van der Waals surface area contributed by atoms with Crippen LogP contribution in [-0.2, 0) is 13.0 Å². The number of ether oxygens (including phenoxy) is 2. The summed E-state index contributed by atoms with van der Waals surface area (Å²) in [6.45, 7) is 4.00. The molecule has 0 bridgehead atoms. The highest BCUT2D eigenvalue weighted by Gasteiger charge is 2.05. The number of aliphatic imine (C=N–C) groups is 1. The predicted molar refractivity (Wildman–Crippen MR) is 121 cm³/mol. The predicted octanol–water partition coefficient (Wildman–Crippen LogP) is 3.67. The van der Waals surface area contributed by atoms with Gasteiger partial charge in [-0.25, -0.2) is 9.98 Å². The van der Waals surface area contributed by atoms with Crippen LogP contribution in [-0.4, -0.2) is 38.3 Å². The highest BCUT2D eigenvalue weighted by molar-refractivity contribution is 14.0. The van der Waals surface area contributed by atoms with Crippen LogP contribution in [0.2, 0.25) is 5.02 Å². The lowest BCUT2D eigenvalue weighted by Gasteiger charge is -2.12. The van der Waals surface area contributed by atoms with Gasteiger partial charge < -0.3 is 20.1 Å². The van der Waals surface area contributed by atoms with Gasteiger partial charge in [0.2, 0.25) is 5.88 Å². The highest BCUT2D eigenvalue weighted by Crippen LogP contribution is 2.22. The molecule has 0 aliphatic rings. The van der Waals surface area contributed by atoms with Crippen molar-refractivity contribution in [3.05, 3.63) is 52.7 Å². The molecule has 27 heavy (non-hydrogen) atoms. The maximum absolute atomic E-state index is 6.28. The third-order valence-electron chi connectivity index (χ3n) is 3.74. The van der Waals surface area contributed by atoms with E-state index in [4.69, 9.17) is 21.1 Å². The van der Waals surface area contributed by atoms with Crippen molar-refractivity contribution in [2.45, 2.75) is 19.9 Å². The van der Waals surface area contributed by atoms with E-state index in [9.17, 15) is 0 Å². The largest absolute Gasteiger partial charge is 0.497 e. The minimum Gasteiger partial charge on any atom is -0.497 e. The van der Waals surface area contributed by atoms with Gasteiger partial charge in [0, 0.05) is 29.9 Å². The minimum atomic E-state index is 0. The first-order valence-corrected chi connectivity index (χ1v) is 8.88. The summed E-state index contributed by atoms with van der Waals surface area (Å²) in [5.41, 5.74) is 2.00. The number of guanidine groups is 1. The van der Waals surface area contributed by atoms with Crippen molar-refractivity contribution in [3.63, 3.8) is 0 Å². The number of nitrogens with zero attached hydrogens (tertiary/aromatic N) is 2. The zero-order valence-corrected chi connectivity index (χ0v) is 18.9. The molecule has 1 aromatic heterocycles. The molecule has 148 valence electrons. The summed E-state index contributed by atoms with van der Waals surface area (Å²) in [6.07, 6.45) is 2.48. The third kappa shape index (κ3) is 7.42. The first-order chi connectivity index (χ1) is 12.7. The van der Waals surface area contributed by atoms with Crippen LogP contribution in [0, 0.1) is 0 Å². The fourth-order valence-electron chi connectivity index (χ4n) is 2.41. The second-order valence-electron chi connectivity index (χ2n) is 5.50. The molecule has 0 saturated heterocycles. The maximum Gasteiger partial charge on any atom is 0.218 e. The van der Waals surface area contributed by atoms with Crippen molar-refractivity contribution >= 4 is 41.5 Å². The molecular formula is C19H26ClIN4O2. The van der Waals surface area contributed by atoms with E-state index in [1.54, 1.807) is 20.4 Å². The second kappa shape index (κ2) is 12.6. The topological polar surface area (TPSA) is 67.8 Å². The molecule has 0 fully saturated rings. The van der Waals surface area contributed by atoms with Gasteiger partial charge in [0.05, 0.1) is 20.8 Å². The summed E-state index contributed by atoms with van der Waals surface area (Å²) >= 11 is 6.28. The Labute approximate surface area is 182 Å². The Morgan fingerprint density at radius 3 is 2.63 bits per heavy atom. The van der Waals surface area contributed by atoms with Gasteiger partial charge in [-0.1, -0.05) is 23.7 Å². The van der Waals surface area contributed by atoms with E-state index < -0.39 is 0 Å². The Morgan fingerprint density at radius 1 is 1.15 bits per heavy atom. The van der Waals surface area contributed by atoms with Gasteiger partial charge in [0.25, 0.3) is 0 Å². The van der Waals surface area contributed by atoms with Crippen molar-refractivity contribution in [1.29, 1.82) is 0 Å². The number of benzene rings is 1. The lowest BCUT2D eigenvalue weighted by molar-refractivity contribution is 0.392. The minimum absolute atomic E-state index is 0. The molecule has 0 atom stereocenters. The third-order valence-corrected chi connectivity index (χ3v) is 4.09. The molecule has 0 unspecified atom stereocenters. The van der Waals surface area contributed by atoms with Gasteiger partial charge in [-0.3, -0.25) is 0 Å². The van der Waals surface area contributed by atoms with E-state index in [0.29, 0.717) is 24.0 Å². The number of aromatic nitrogens is 1. The summed E-state index contributed by atoms with van der Waals surface area (Å²) in [6, 6.07) is 9.54. The van der Waals surface area contributed by atoms with Gasteiger partial charge in [0.15, 0.2) is 5.96 Å². The van der Waals surface area contributed by atoms with Gasteiger partial charge in [-0.15, -0.1) is 24.0 Å². The Balaban J connectivity index is 0.00000364. The van der Waals surface area contributed by atoms with Crippen molar-refractivity contribution in [2.24, 2.45) is 4.99 Å². The fraction of sp³-hybridized carbons (Fsp3) is 0.368. The van der Waals surface area contributed by atoms with E-state index >= 15 is 0 Å². The molecule has 2 aromatic rings. The van der Waals surface area contributed by atoms with Crippen LogP contribution < -0.4 is 20.1 Å².